The summed E-state index contributed by atoms with van der Waals surface area (Å²) in [6, 6.07) is 4.93. The third-order valence-electron chi connectivity index (χ3n) is 4.13. The zero-order chi connectivity index (χ0) is 13.1. The van der Waals surface area contributed by atoms with Crippen LogP contribution < -0.4 is 0 Å². The fourth-order valence-electron chi connectivity index (χ4n) is 2.94. The van der Waals surface area contributed by atoms with Gasteiger partial charge in [-0.25, -0.2) is 0 Å². The molecular weight excluding hydrogens is 222 g/mol. The van der Waals surface area contributed by atoms with Crippen LogP contribution in [-0.2, 0) is 6.54 Å². The molecule has 0 amide bonds. The minimum absolute atomic E-state index is 0.447. The maximum atomic E-state index is 9.82. The summed E-state index contributed by atoms with van der Waals surface area (Å²) in [5.74, 6) is 0.447. The molecule has 1 atom stereocenters. The Labute approximate surface area is 111 Å². The third-order valence-corrected chi connectivity index (χ3v) is 4.13. The standard InChI is InChI=1S/C16H25NO/c1-12-9-15(10-13(2)16(12)18)11-17-8-6-4-5-7-14(17)3/h9-10,14,18H,4-8,11H2,1-3H3. The minimum atomic E-state index is 0.447. The summed E-state index contributed by atoms with van der Waals surface area (Å²) in [4.78, 5) is 2.58. The fourth-order valence-corrected chi connectivity index (χ4v) is 2.94. The van der Waals surface area contributed by atoms with Gasteiger partial charge in [0.25, 0.3) is 0 Å². The van der Waals surface area contributed by atoms with Crippen LogP contribution in [0.15, 0.2) is 12.1 Å². The molecule has 0 spiro atoms. The molecule has 0 radical (unpaired) electrons. The second kappa shape index (κ2) is 5.75. The van der Waals surface area contributed by atoms with E-state index in [2.05, 4.69) is 24.0 Å². The quantitative estimate of drug-likeness (QED) is 0.860. The van der Waals surface area contributed by atoms with Gasteiger partial charge in [-0.2, -0.15) is 0 Å². The molecule has 100 valence electrons. The number of aryl methyl sites for hydroxylation is 2. The molecule has 1 fully saturated rings. The van der Waals surface area contributed by atoms with Crippen molar-refractivity contribution in [2.75, 3.05) is 6.54 Å². The molecule has 0 bridgehead atoms. The second-order valence-corrected chi connectivity index (χ2v) is 5.75. The fraction of sp³-hybridized carbons (Fsp3) is 0.625. The van der Waals surface area contributed by atoms with Gasteiger partial charge in [-0.1, -0.05) is 25.0 Å². The van der Waals surface area contributed by atoms with E-state index in [0.717, 1.165) is 17.7 Å². The van der Waals surface area contributed by atoms with E-state index in [-0.39, 0.29) is 0 Å². The van der Waals surface area contributed by atoms with E-state index in [1.807, 2.05) is 13.8 Å². The lowest BCUT2D eigenvalue weighted by Crippen LogP contribution is -2.31. The number of hydrogen-bond acceptors (Lipinski definition) is 2. The van der Waals surface area contributed by atoms with E-state index >= 15 is 0 Å². The first-order valence-electron chi connectivity index (χ1n) is 7.11. The average molecular weight is 247 g/mol. The number of phenolic OH excluding ortho intramolecular Hbond substituents is 1. The van der Waals surface area contributed by atoms with E-state index in [1.54, 1.807) is 0 Å². The van der Waals surface area contributed by atoms with Crippen molar-refractivity contribution in [2.24, 2.45) is 0 Å². The second-order valence-electron chi connectivity index (χ2n) is 5.75. The van der Waals surface area contributed by atoms with Gasteiger partial charge in [-0.15, -0.1) is 0 Å². The normalized spacial score (nSPS) is 21.8. The predicted octanol–water partition coefficient (Wildman–Crippen LogP) is 3.77. The number of phenols is 1. The lowest BCUT2D eigenvalue weighted by atomic mass is 10.0. The van der Waals surface area contributed by atoms with Crippen molar-refractivity contribution in [3.8, 4) is 5.75 Å². The Morgan fingerprint density at radius 3 is 2.50 bits per heavy atom. The van der Waals surface area contributed by atoms with Gasteiger partial charge in [0, 0.05) is 12.6 Å². The molecule has 0 aromatic heterocycles. The number of rotatable bonds is 2. The first kappa shape index (κ1) is 13.4. The van der Waals surface area contributed by atoms with Crippen molar-refractivity contribution in [1.82, 2.24) is 4.90 Å². The SMILES string of the molecule is Cc1cc(CN2CCCCCC2C)cc(C)c1O. The summed E-state index contributed by atoms with van der Waals surface area (Å²) in [5, 5.41) is 9.82. The van der Waals surface area contributed by atoms with E-state index < -0.39 is 0 Å². The maximum Gasteiger partial charge on any atom is 0.121 e. The van der Waals surface area contributed by atoms with Gasteiger partial charge in [0.15, 0.2) is 0 Å². The Morgan fingerprint density at radius 2 is 1.83 bits per heavy atom. The predicted molar refractivity (Wildman–Crippen MR) is 75.9 cm³/mol. The zero-order valence-corrected chi connectivity index (χ0v) is 11.9. The topological polar surface area (TPSA) is 23.5 Å². The van der Waals surface area contributed by atoms with Crippen LogP contribution in [0.4, 0.5) is 0 Å². The van der Waals surface area contributed by atoms with Crippen molar-refractivity contribution in [2.45, 2.75) is 59.0 Å². The van der Waals surface area contributed by atoms with Gasteiger partial charge in [0.05, 0.1) is 0 Å². The van der Waals surface area contributed by atoms with Gasteiger partial charge < -0.3 is 5.11 Å². The average Bonchev–Trinajstić information content (AvgIpc) is 2.52. The molecule has 1 aromatic carbocycles. The molecule has 18 heavy (non-hydrogen) atoms. The first-order chi connectivity index (χ1) is 8.58. The largest absolute Gasteiger partial charge is 0.507 e. The van der Waals surface area contributed by atoms with Crippen LogP contribution in [0, 0.1) is 13.8 Å². The summed E-state index contributed by atoms with van der Waals surface area (Å²) in [7, 11) is 0. The molecule has 0 aliphatic carbocycles. The smallest absolute Gasteiger partial charge is 0.121 e. The highest BCUT2D eigenvalue weighted by Crippen LogP contribution is 2.25. The molecule has 1 saturated heterocycles. The zero-order valence-electron chi connectivity index (χ0n) is 11.9. The molecule has 2 nitrogen and oxygen atoms in total. The third kappa shape index (κ3) is 3.05. The van der Waals surface area contributed by atoms with Crippen LogP contribution in [0.1, 0.15) is 49.3 Å². The summed E-state index contributed by atoms with van der Waals surface area (Å²) in [6.45, 7) is 8.53. The molecule has 1 unspecified atom stereocenters. The molecule has 1 N–H and O–H groups in total. The number of hydrogen-bond donors (Lipinski definition) is 1. The Hall–Kier alpha value is -1.02. The maximum absolute atomic E-state index is 9.82. The molecule has 0 saturated carbocycles. The monoisotopic (exact) mass is 247 g/mol. The van der Waals surface area contributed by atoms with Crippen molar-refractivity contribution in [3.63, 3.8) is 0 Å². The number of aromatic hydroxyl groups is 1. The van der Waals surface area contributed by atoms with Crippen LogP contribution in [0.2, 0.25) is 0 Å². The van der Waals surface area contributed by atoms with Crippen LogP contribution in [-0.4, -0.2) is 22.6 Å². The Bertz CT molecular complexity index is 391. The molecule has 1 aromatic rings. The van der Waals surface area contributed by atoms with Gasteiger partial charge >= 0.3 is 0 Å². The first-order valence-corrected chi connectivity index (χ1v) is 7.11. The van der Waals surface area contributed by atoms with E-state index in [9.17, 15) is 5.11 Å². The molecular formula is C16H25NO. The van der Waals surface area contributed by atoms with E-state index in [0.29, 0.717) is 11.8 Å². The number of nitrogens with zero attached hydrogens (tertiary/aromatic N) is 1. The molecule has 1 heterocycles. The van der Waals surface area contributed by atoms with Crippen LogP contribution in [0.5, 0.6) is 5.75 Å². The lowest BCUT2D eigenvalue weighted by molar-refractivity contribution is 0.205. The molecule has 2 rings (SSSR count). The summed E-state index contributed by atoms with van der Waals surface area (Å²) in [5.41, 5.74) is 3.32. The van der Waals surface area contributed by atoms with E-state index in [1.165, 1.54) is 37.8 Å². The van der Waals surface area contributed by atoms with Crippen molar-refractivity contribution in [1.29, 1.82) is 0 Å². The molecule has 1 aliphatic heterocycles. The van der Waals surface area contributed by atoms with Gasteiger partial charge in [0.1, 0.15) is 5.75 Å². The Kier molecular flexibility index (Phi) is 4.28. The van der Waals surface area contributed by atoms with Crippen LogP contribution in [0.25, 0.3) is 0 Å². The summed E-state index contributed by atoms with van der Waals surface area (Å²) in [6.07, 6.45) is 5.37. The molecule has 2 heteroatoms. The van der Waals surface area contributed by atoms with Crippen molar-refractivity contribution >= 4 is 0 Å². The number of benzene rings is 1. The van der Waals surface area contributed by atoms with Crippen molar-refractivity contribution < 1.29 is 5.11 Å². The Morgan fingerprint density at radius 1 is 1.17 bits per heavy atom. The summed E-state index contributed by atoms with van der Waals surface area (Å²) < 4.78 is 0. The van der Waals surface area contributed by atoms with Gasteiger partial charge in [-0.05, 0) is 56.8 Å². The highest BCUT2D eigenvalue weighted by Gasteiger charge is 2.17. The van der Waals surface area contributed by atoms with Gasteiger partial charge in [0.2, 0.25) is 0 Å². The van der Waals surface area contributed by atoms with Crippen LogP contribution in [0.3, 0.4) is 0 Å². The highest BCUT2D eigenvalue weighted by molar-refractivity contribution is 5.42. The van der Waals surface area contributed by atoms with E-state index in [4.69, 9.17) is 0 Å². The minimum Gasteiger partial charge on any atom is -0.507 e. The lowest BCUT2D eigenvalue weighted by Gasteiger charge is -2.27. The number of likely N-dealkylation sites (tertiary alicyclic amines) is 1. The molecule has 1 aliphatic rings. The summed E-state index contributed by atoms with van der Waals surface area (Å²) >= 11 is 0. The van der Waals surface area contributed by atoms with Gasteiger partial charge in [-0.3, -0.25) is 4.90 Å². The highest BCUT2D eigenvalue weighted by atomic mass is 16.3. The van der Waals surface area contributed by atoms with Crippen molar-refractivity contribution in [3.05, 3.63) is 28.8 Å². The Balaban J connectivity index is 2.12. The van der Waals surface area contributed by atoms with Crippen LogP contribution >= 0.6 is 0 Å².